The number of ether oxygens (including phenoxy) is 1. The molecular formula is C22H28O6. The average molecular weight is 388 g/mol. The van der Waals surface area contributed by atoms with Crippen LogP contribution in [0.25, 0.3) is 0 Å². The van der Waals surface area contributed by atoms with Crippen LogP contribution in [-0.4, -0.2) is 51.3 Å². The van der Waals surface area contributed by atoms with Gasteiger partial charge < -0.3 is 25.2 Å². The maximum absolute atomic E-state index is 10.4. The first kappa shape index (κ1) is 21.9. The fraction of sp³-hybridized carbons (Fsp3) is 0.409. The number of rotatable bonds is 10. The topological polar surface area (TPSA) is 107 Å². The summed E-state index contributed by atoms with van der Waals surface area (Å²) in [5, 5.41) is 39.1. The minimum absolute atomic E-state index is 0.104. The lowest BCUT2D eigenvalue weighted by atomic mass is 9.89. The molecule has 0 aliphatic heterocycles. The molecule has 1 saturated carbocycles. The lowest BCUT2D eigenvalue weighted by Crippen LogP contribution is -2.21. The molecule has 5 atom stereocenters. The molecule has 0 aromatic heterocycles. The summed E-state index contributed by atoms with van der Waals surface area (Å²) in [6.07, 6.45) is 8.93. The highest BCUT2D eigenvalue weighted by Crippen LogP contribution is 2.36. The number of carboxylic acid groups (broad SMARTS) is 1. The van der Waals surface area contributed by atoms with Crippen molar-refractivity contribution in [1.29, 1.82) is 0 Å². The molecule has 6 heteroatoms. The molecule has 0 bridgehead atoms. The standard InChI is InChI=1S/C22H28O6/c23-16(15-28-17-8-4-3-5-9-17)12-13-19-18(20(24)14-21(19)25)10-6-1-2-7-11-22(26)27/h1,3-9,11-13,16,18-21,23-25H,2,10,14-15H2,(H,26,27)/b6-1-,11-7+,13-12+/t16-,18-,19-,20+,21-/m1/s1. The Morgan fingerprint density at radius 2 is 1.89 bits per heavy atom. The smallest absolute Gasteiger partial charge is 0.327 e. The lowest BCUT2D eigenvalue weighted by molar-refractivity contribution is -0.131. The van der Waals surface area contributed by atoms with E-state index in [2.05, 4.69) is 0 Å². The quantitative estimate of drug-likeness (QED) is 0.362. The lowest BCUT2D eigenvalue weighted by Gasteiger charge is -2.19. The number of carboxylic acids is 1. The summed E-state index contributed by atoms with van der Waals surface area (Å²) in [6.45, 7) is 0.104. The largest absolute Gasteiger partial charge is 0.491 e. The van der Waals surface area contributed by atoms with Crippen LogP contribution in [0.3, 0.4) is 0 Å². The zero-order chi connectivity index (χ0) is 20.4. The predicted octanol–water partition coefficient (Wildman–Crippen LogP) is 2.32. The van der Waals surface area contributed by atoms with Crippen molar-refractivity contribution in [3.63, 3.8) is 0 Å². The zero-order valence-corrected chi connectivity index (χ0v) is 15.7. The van der Waals surface area contributed by atoms with E-state index < -0.39 is 24.3 Å². The fourth-order valence-electron chi connectivity index (χ4n) is 3.31. The second-order valence-corrected chi connectivity index (χ2v) is 6.87. The molecule has 2 rings (SSSR count). The van der Waals surface area contributed by atoms with Gasteiger partial charge in [-0.15, -0.1) is 0 Å². The highest BCUT2D eigenvalue weighted by Gasteiger charge is 2.39. The Labute approximate surface area is 165 Å². The molecule has 0 radical (unpaired) electrons. The van der Waals surface area contributed by atoms with Crippen molar-refractivity contribution < 1.29 is 30.0 Å². The molecule has 0 amide bonds. The molecule has 152 valence electrons. The van der Waals surface area contributed by atoms with Gasteiger partial charge in [0.15, 0.2) is 0 Å². The molecule has 28 heavy (non-hydrogen) atoms. The number of carbonyl (C=O) groups is 1. The monoisotopic (exact) mass is 388 g/mol. The van der Waals surface area contributed by atoms with Gasteiger partial charge in [-0.3, -0.25) is 0 Å². The van der Waals surface area contributed by atoms with Crippen LogP contribution < -0.4 is 4.74 Å². The SMILES string of the molecule is O=C(O)/C=C/C/C=C\C[C@@H]1[C@@H](/C=C/[C@@H](O)COc2ccccc2)[C@H](O)C[C@@H]1O. The van der Waals surface area contributed by atoms with Crippen LogP contribution in [0.2, 0.25) is 0 Å². The zero-order valence-electron chi connectivity index (χ0n) is 15.7. The van der Waals surface area contributed by atoms with Crippen molar-refractivity contribution >= 4 is 5.97 Å². The van der Waals surface area contributed by atoms with Gasteiger partial charge in [0, 0.05) is 18.4 Å². The minimum atomic E-state index is -0.984. The highest BCUT2D eigenvalue weighted by molar-refractivity contribution is 5.79. The summed E-state index contributed by atoms with van der Waals surface area (Å²) < 4.78 is 5.50. The molecule has 1 aromatic carbocycles. The second kappa shape index (κ2) is 11.4. The van der Waals surface area contributed by atoms with E-state index in [0.717, 1.165) is 6.08 Å². The van der Waals surface area contributed by atoms with E-state index in [1.165, 1.54) is 0 Å². The molecule has 1 aliphatic carbocycles. The number of allylic oxidation sites excluding steroid dienone is 3. The van der Waals surface area contributed by atoms with Crippen LogP contribution in [0.4, 0.5) is 0 Å². The normalized spacial score (nSPS) is 26.4. The van der Waals surface area contributed by atoms with Crippen molar-refractivity contribution in [3.05, 3.63) is 66.8 Å². The Hall–Kier alpha value is -2.41. The summed E-state index contributed by atoms with van der Waals surface area (Å²) in [5.41, 5.74) is 0. The van der Waals surface area contributed by atoms with E-state index in [1.54, 1.807) is 18.2 Å². The van der Waals surface area contributed by atoms with Crippen molar-refractivity contribution in [2.24, 2.45) is 11.8 Å². The maximum Gasteiger partial charge on any atom is 0.327 e. The Kier molecular flexibility index (Phi) is 8.94. The number of aliphatic hydroxyl groups excluding tert-OH is 3. The molecule has 0 spiro atoms. The van der Waals surface area contributed by atoms with E-state index >= 15 is 0 Å². The summed E-state index contributed by atoms with van der Waals surface area (Å²) >= 11 is 0. The van der Waals surface area contributed by atoms with Gasteiger partial charge in [-0.1, -0.05) is 48.6 Å². The summed E-state index contributed by atoms with van der Waals surface area (Å²) in [4.78, 5) is 10.4. The molecule has 1 fully saturated rings. The Morgan fingerprint density at radius 1 is 1.14 bits per heavy atom. The Balaban J connectivity index is 1.85. The molecule has 0 heterocycles. The summed E-state index contributed by atoms with van der Waals surface area (Å²) in [7, 11) is 0. The van der Waals surface area contributed by atoms with Crippen LogP contribution in [0.15, 0.2) is 66.8 Å². The van der Waals surface area contributed by atoms with E-state index in [4.69, 9.17) is 9.84 Å². The van der Waals surface area contributed by atoms with Crippen LogP contribution in [0, 0.1) is 11.8 Å². The van der Waals surface area contributed by atoms with Gasteiger partial charge in [0.25, 0.3) is 0 Å². The van der Waals surface area contributed by atoms with Gasteiger partial charge in [-0.05, 0) is 30.9 Å². The first-order chi connectivity index (χ1) is 13.5. The van der Waals surface area contributed by atoms with Gasteiger partial charge >= 0.3 is 5.97 Å². The minimum Gasteiger partial charge on any atom is -0.491 e. The maximum atomic E-state index is 10.4. The van der Waals surface area contributed by atoms with Crippen LogP contribution >= 0.6 is 0 Å². The van der Waals surface area contributed by atoms with E-state index in [1.807, 2.05) is 42.5 Å². The van der Waals surface area contributed by atoms with Crippen molar-refractivity contribution in [2.45, 2.75) is 37.6 Å². The predicted molar refractivity (Wildman–Crippen MR) is 106 cm³/mol. The highest BCUT2D eigenvalue weighted by atomic mass is 16.5. The van der Waals surface area contributed by atoms with Gasteiger partial charge in [-0.25, -0.2) is 4.79 Å². The second-order valence-electron chi connectivity index (χ2n) is 6.87. The van der Waals surface area contributed by atoms with Gasteiger partial charge in [0.1, 0.15) is 18.5 Å². The van der Waals surface area contributed by atoms with Crippen LogP contribution in [-0.2, 0) is 4.79 Å². The number of hydrogen-bond donors (Lipinski definition) is 4. The van der Waals surface area contributed by atoms with Crippen LogP contribution in [0.1, 0.15) is 19.3 Å². The van der Waals surface area contributed by atoms with E-state index in [9.17, 15) is 20.1 Å². The average Bonchev–Trinajstić information content (AvgIpc) is 2.94. The number of benzene rings is 1. The van der Waals surface area contributed by atoms with Gasteiger partial charge in [0.2, 0.25) is 0 Å². The Bertz CT molecular complexity index is 682. The third-order valence-electron chi connectivity index (χ3n) is 4.74. The molecule has 1 aliphatic rings. The Morgan fingerprint density at radius 3 is 2.61 bits per heavy atom. The van der Waals surface area contributed by atoms with Crippen molar-refractivity contribution in [3.8, 4) is 5.75 Å². The number of para-hydroxylation sites is 1. The van der Waals surface area contributed by atoms with Gasteiger partial charge in [0.05, 0.1) is 12.2 Å². The molecular weight excluding hydrogens is 360 g/mol. The number of aliphatic carboxylic acids is 1. The number of aliphatic hydroxyl groups is 3. The molecule has 6 nitrogen and oxygen atoms in total. The fourth-order valence-corrected chi connectivity index (χ4v) is 3.31. The third kappa shape index (κ3) is 7.31. The number of hydrogen-bond acceptors (Lipinski definition) is 5. The summed E-state index contributed by atoms with van der Waals surface area (Å²) in [5.74, 6) is -0.734. The molecule has 0 unspecified atom stereocenters. The molecule has 4 N–H and O–H groups in total. The first-order valence-electron chi connectivity index (χ1n) is 9.42. The molecule has 0 saturated heterocycles. The van der Waals surface area contributed by atoms with E-state index in [-0.39, 0.29) is 18.4 Å². The van der Waals surface area contributed by atoms with Crippen LogP contribution in [0.5, 0.6) is 5.75 Å². The van der Waals surface area contributed by atoms with Crippen molar-refractivity contribution in [1.82, 2.24) is 0 Å². The van der Waals surface area contributed by atoms with Gasteiger partial charge in [-0.2, -0.15) is 0 Å². The summed E-state index contributed by atoms with van der Waals surface area (Å²) in [6, 6.07) is 9.20. The third-order valence-corrected chi connectivity index (χ3v) is 4.74. The first-order valence-corrected chi connectivity index (χ1v) is 9.42. The van der Waals surface area contributed by atoms with Crippen molar-refractivity contribution in [2.75, 3.05) is 6.61 Å². The van der Waals surface area contributed by atoms with E-state index in [0.29, 0.717) is 25.0 Å². The molecule has 1 aromatic rings.